The molecule has 1 aromatic rings. The molecule has 1 aliphatic rings. The second-order valence-electron chi connectivity index (χ2n) is 7.74. The molecule has 2 rings (SSSR count). The number of alkyl carbamates (subject to hydrolysis) is 1. The van der Waals surface area contributed by atoms with Crippen molar-refractivity contribution in [3.05, 3.63) is 58.4 Å². The molecule has 166 valence electrons. The van der Waals surface area contributed by atoms with Crippen molar-refractivity contribution in [3.8, 4) is 0 Å². The first-order chi connectivity index (χ1) is 14.7. The minimum absolute atomic E-state index is 0.0722. The predicted octanol–water partition coefficient (Wildman–Crippen LogP) is 2.81. The van der Waals surface area contributed by atoms with E-state index < -0.39 is 23.9 Å². The third-order valence-electron chi connectivity index (χ3n) is 4.88. The van der Waals surface area contributed by atoms with Gasteiger partial charge in [-0.15, -0.1) is 0 Å². The maximum atomic E-state index is 13.1. The van der Waals surface area contributed by atoms with Gasteiger partial charge in [0.05, 0.1) is 5.70 Å². The SMILES string of the molecule is CC(C)=C(C=O)NC(=O)[C@@H]1CCCN1C(=O)C(NC(=O)OCc1ccccc1)=C(C)C. The lowest BCUT2D eigenvalue weighted by Crippen LogP contribution is -2.48. The number of ether oxygens (including phenoxy) is 1. The molecular formula is C23H29N3O5. The first kappa shape index (κ1) is 23.9. The smallest absolute Gasteiger partial charge is 0.412 e. The molecule has 0 bridgehead atoms. The van der Waals surface area contributed by atoms with Gasteiger partial charge in [0.25, 0.3) is 5.91 Å². The molecule has 31 heavy (non-hydrogen) atoms. The number of carbonyl (C=O) groups is 4. The first-order valence-electron chi connectivity index (χ1n) is 10.1. The van der Waals surface area contributed by atoms with Crippen LogP contribution < -0.4 is 10.6 Å². The fourth-order valence-corrected chi connectivity index (χ4v) is 3.17. The molecule has 0 radical (unpaired) electrons. The van der Waals surface area contributed by atoms with Gasteiger partial charge in [0, 0.05) is 6.54 Å². The molecule has 1 saturated heterocycles. The third-order valence-corrected chi connectivity index (χ3v) is 4.88. The largest absolute Gasteiger partial charge is 0.444 e. The monoisotopic (exact) mass is 427 g/mol. The number of nitrogens with one attached hydrogen (secondary N) is 2. The van der Waals surface area contributed by atoms with Crippen molar-refractivity contribution in [2.75, 3.05) is 6.54 Å². The maximum absolute atomic E-state index is 13.1. The van der Waals surface area contributed by atoms with Gasteiger partial charge in [0.2, 0.25) is 5.91 Å². The number of allylic oxidation sites excluding steroid dienone is 3. The highest BCUT2D eigenvalue weighted by Gasteiger charge is 2.36. The quantitative estimate of drug-likeness (QED) is 0.514. The zero-order valence-corrected chi connectivity index (χ0v) is 18.4. The van der Waals surface area contributed by atoms with Crippen molar-refractivity contribution in [1.82, 2.24) is 15.5 Å². The molecule has 3 amide bonds. The summed E-state index contributed by atoms with van der Waals surface area (Å²) in [5.74, 6) is -0.881. The normalized spacial score (nSPS) is 15.0. The van der Waals surface area contributed by atoms with Crippen molar-refractivity contribution in [1.29, 1.82) is 0 Å². The number of carbonyl (C=O) groups excluding carboxylic acids is 4. The Morgan fingerprint density at radius 1 is 1.06 bits per heavy atom. The van der Waals surface area contributed by atoms with Crippen LogP contribution in [0.1, 0.15) is 46.1 Å². The Bertz CT molecular complexity index is 897. The summed E-state index contributed by atoms with van der Waals surface area (Å²) < 4.78 is 5.21. The van der Waals surface area contributed by atoms with Crippen molar-refractivity contribution in [2.45, 2.75) is 53.2 Å². The molecule has 1 atom stereocenters. The second kappa shape index (κ2) is 11.1. The number of benzene rings is 1. The van der Waals surface area contributed by atoms with E-state index in [1.807, 2.05) is 30.3 Å². The number of rotatable bonds is 7. The Morgan fingerprint density at radius 3 is 2.32 bits per heavy atom. The topological polar surface area (TPSA) is 105 Å². The van der Waals surface area contributed by atoms with Gasteiger partial charge in [-0.3, -0.25) is 19.7 Å². The molecule has 1 aliphatic heterocycles. The van der Waals surface area contributed by atoms with Crippen molar-refractivity contribution >= 4 is 24.2 Å². The van der Waals surface area contributed by atoms with Crippen LogP contribution in [-0.2, 0) is 25.7 Å². The van der Waals surface area contributed by atoms with Gasteiger partial charge in [-0.2, -0.15) is 0 Å². The molecule has 8 heteroatoms. The number of amides is 3. The number of likely N-dealkylation sites (tertiary alicyclic amines) is 1. The highest BCUT2D eigenvalue weighted by Crippen LogP contribution is 2.21. The highest BCUT2D eigenvalue weighted by molar-refractivity contribution is 6.00. The minimum Gasteiger partial charge on any atom is -0.444 e. The van der Waals surface area contributed by atoms with Gasteiger partial charge in [-0.25, -0.2) is 4.79 Å². The number of nitrogens with zero attached hydrogens (tertiary/aromatic N) is 1. The fourth-order valence-electron chi connectivity index (χ4n) is 3.17. The van der Waals surface area contributed by atoms with Gasteiger partial charge in [0.1, 0.15) is 18.3 Å². The summed E-state index contributed by atoms with van der Waals surface area (Å²) in [5, 5.41) is 5.11. The number of aldehydes is 1. The van der Waals surface area contributed by atoms with Crippen molar-refractivity contribution in [3.63, 3.8) is 0 Å². The number of hydrogen-bond donors (Lipinski definition) is 2. The Labute approximate surface area is 182 Å². The average molecular weight is 428 g/mol. The summed E-state index contributed by atoms with van der Waals surface area (Å²) in [5.41, 5.74) is 2.35. The van der Waals surface area contributed by atoms with E-state index in [-0.39, 0.29) is 18.0 Å². The Morgan fingerprint density at radius 2 is 1.74 bits per heavy atom. The minimum atomic E-state index is -0.749. The maximum Gasteiger partial charge on any atom is 0.412 e. The van der Waals surface area contributed by atoms with E-state index in [0.717, 1.165) is 5.56 Å². The van der Waals surface area contributed by atoms with Crippen LogP contribution in [0.2, 0.25) is 0 Å². The van der Waals surface area contributed by atoms with Gasteiger partial charge < -0.3 is 15.0 Å². The van der Waals surface area contributed by atoms with Gasteiger partial charge in [-0.1, -0.05) is 30.3 Å². The summed E-state index contributed by atoms with van der Waals surface area (Å²) in [7, 11) is 0. The Kier molecular flexibility index (Phi) is 8.54. The fraction of sp³-hybridized carbons (Fsp3) is 0.391. The first-order valence-corrected chi connectivity index (χ1v) is 10.1. The lowest BCUT2D eigenvalue weighted by atomic mass is 10.1. The second-order valence-corrected chi connectivity index (χ2v) is 7.74. The average Bonchev–Trinajstić information content (AvgIpc) is 3.24. The lowest BCUT2D eigenvalue weighted by molar-refractivity contribution is -0.135. The molecule has 1 fully saturated rings. The number of hydrogen-bond acceptors (Lipinski definition) is 5. The van der Waals surface area contributed by atoms with Crippen LogP contribution in [0, 0.1) is 0 Å². The van der Waals surface area contributed by atoms with Crippen LogP contribution >= 0.6 is 0 Å². The Balaban J connectivity index is 2.07. The van der Waals surface area contributed by atoms with E-state index >= 15 is 0 Å². The summed E-state index contributed by atoms with van der Waals surface area (Å²) in [6.45, 7) is 7.28. The standard InChI is InChI=1S/C23H29N3O5/c1-15(2)18(13-27)24-21(28)19-11-8-12-26(19)22(29)20(16(3)4)25-23(30)31-14-17-9-6-5-7-10-17/h5-7,9-10,13,19H,8,11-12,14H2,1-4H3,(H,24,28)(H,25,30)/t19-/m0/s1. The molecule has 0 saturated carbocycles. The molecule has 0 unspecified atom stereocenters. The van der Waals surface area contributed by atoms with Crippen LogP contribution in [0.15, 0.2) is 52.9 Å². The van der Waals surface area contributed by atoms with Crippen LogP contribution in [0.4, 0.5) is 4.79 Å². The van der Waals surface area contributed by atoms with E-state index in [1.54, 1.807) is 27.7 Å². The zero-order valence-electron chi connectivity index (χ0n) is 18.4. The summed E-state index contributed by atoms with van der Waals surface area (Å²) in [6.07, 6.45) is 0.950. The van der Waals surface area contributed by atoms with E-state index in [1.165, 1.54) is 4.90 Å². The predicted molar refractivity (Wildman–Crippen MR) is 115 cm³/mol. The van der Waals surface area contributed by atoms with Crippen LogP contribution in [0.5, 0.6) is 0 Å². The van der Waals surface area contributed by atoms with E-state index in [0.29, 0.717) is 36.8 Å². The van der Waals surface area contributed by atoms with Crippen molar-refractivity contribution in [2.24, 2.45) is 0 Å². The molecule has 1 heterocycles. The van der Waals surface area contributed by atoms with Crippen LogP contribution in [0.25, 0.3) is 0 Å². The van der Waals surface area contributed by atoms with Crippen LogP contribution in [-0.4, -0.2) is 41.7 Å². The zero-order chi connectivity index (χ0) is 23.0. The molecule has 0 aliphatic carbocycles. The highest BCUT2D eigenvalue weighted by atomic mass is 16.5. The van der Waals surface area contributed by atoms with Crippen molar-refractivity contribution < 1.29 is 23.9 Å². The Hall–Kier alpha value is -3.42. The van der Waals surface area contributed by atoms with Gasteiger partial charge >= 0.3 is 6.09 Å². The molecular weight excluding hydrogens is 398 g/mol. The van der Waals surface area contributed by atoms with Crippen LogP contribution in [0.3, 0.4) is 0 Å². The van der Waals surface area contributed by atoms with E-state index in [9.17, 15) is 19.2 Å². The van der Waals surface area contributed by atoms with E-state index in [4.69, 9.17) is 4.74 Å². The van der Waals surface area contributed by atoms with E-state index in [2.05, 4.69) is 10.6 Å². The molecule has 0 aromatic heterocycles. The molecule has 1 aromatic carbocycles. The molecule has 8 nitrogen and oxygen atoms in total. The van der Waals surface area contributed by atoms with Gasteiger partial charge in [0.15, 0.2) is 6.29 Å². The molecule has 2 N–H and O–H groups in total. The molecule has 0 spiro atoms. The summed E-state index contributed by atoms with van der Waals surface area (Å²) >= 11 is 0. The third kappa shape index (κ3) is 6.53. The summed E-state index contributed by atoms with van der Waals surface area (Å²) in [4.78, 5) is 50.7. The summed E-state index contributed by atoms with van der Waals surface area (Å²) in [6, 6.07) is 8.47. The van der Waals surface area contributed by atoms with Gasteiger partial charge in [-0.05, 0) is 57.2 Å². The lowest BCUT2D eigenvalue weighted by Gasteiger charge is -2.26.